The first-order valence-electron chi connectivity index (χ1n) is 6.50. The van der Waals surface area contributed by atoms with Gasteiger partial charge < -0.3 is 15.2 Å². The van der Waals surface area contributed by atoms with E-state index in [0.29, 0.717) is 5.82 Å². The fraction of sp³-hybridized carbons (Fsp3) is 0.357. The quantitative estimate of drug-likeness (QED) is 0.880. The van der Waals surface area contributed by atoms with Crippen LogP contribution in [0.4, 0.5) is 5.82 Å². The summed E-state index contributed by atoms with van der Waals surface area (Å²) in [4.78, 5) is 2.20. The lowest BCUT2D eigenvalue weighted by atomic mass is 10.1. The van der Waals surface area contributed by atoms with Gasteiger partial charge in [-0.05, 0) is 25.2 Å². The zero-order valence-corrected chi connectivity index (χ0v) is 11.6. The van der Waals surface area contributed by atoms with Crippen LogP contribution in [0.1, 0.15) is 0 Å². The van der Waals surface area contributed by atoms with Crippen LogP contribution in [-0.4, -0.2) is 48.4 Å². The maximum Gasteiger partial charge on any atom is 0.162 e. The van der Waals surface area contributed by atoms with Crippen molar-refractivity contribution in [3.05, 3.63) is 24.3 Å². The molecule has 0 atom stereocenters. The maximum absolute atomic E-state index is 5.98. The molecule has 0 aliphatic carbocycles. The van der Waals surface area contributed by atoms with Gasteiger partial charge in [-0.2, -0.15) is 5.10 Å². The van der Waals surface area contributed by atoms with E-state index in [-0.39, 0.29) is 6.10 Å². The van der Waals surface area contributed by atoms with Gasteiger partial charge in [0.2, 0.25) is 0 Å². The molecule has 3 N–H and O–H groups in total. The minimum atomic E-state index is 0.219. The molecular formula is C14H18N4O2. The van der Waals surface area contributed by atoms with Crippen molar-refractivity contribution in [2.75, 3.05) is 33.0 Å². The predicted molar refractivity (Wildman–Crippen MR) is 76.9 cm³/mol. The lowest BCUT2D eigenvalue weighted by molar-refractivity contribution is 0.0370. The molecule has 1 aromatic heterocycles. The van der Waals surface area contributed by atoms with Crippen molar-refractivity contribution >= 4 is 5.82 Å². The summed E-state index contributed by atoms with van der Waals surface area (Å²) in [5.74, 6) is 1.95. The first kappa shape index (κ1) is 12.8. The van der Waals surface area contributed by atoms with Crippen molar-refractivity contribution in [2.24, 2.45) is 0 Å². The Morgan fingerprint density at radius 2 is 2.10 bits per heavy atom. The first-order valence-corrected chi connectivity index (χ1v) is 6.50. The number of likely N-dealkylation sites (tertiary alicyclic amines) is 1. The van der Waals surface area contributed by atoms with Gasteiger partial charge in [0.05, 0.1) is 12.8 Å². The van der Waals surface area contributed by atoms with Crippen molar-refractivity contribution in [1.82, 2.24) is 15.1 Å². The van der Waals surface area contributed by atoms with Gasteiger partial charge in [-0.25, -0.2) is 0 Å². The maximum atomic E-state index is 5.98. The van der Waals surface area contributed by atoms with Crippen LogP contribution in [0.3, 0.4) is 0 Å². The van der Waals surface area contributed by atoms with E-state index in [1.54, 1.807) is 13.2 Å². The summed E-state index contributed by atoms with van der Waals surface area (Å²) in [6.45, 7) is 1.87. The number of nitrogens with zero attached hydrogens (tertiary/aromatic N) is 2. The van der Waals surface area contributed by atoms with Crippen LogP contribution in [0, 0.1) is 0 Å². The molecule has 0 spiro atoms. The second-order valence-corrected chi connectivity index (χ2v) is 5.03. The Morgan fingerprint density at radius 3 is 2.70 bits per heavy atom. The van der Waals surface area contributed by atoms with Gasteiger partial charge in [0.1, 0.15) is 11.9 Å². The minimum absolute atomic E-state index is 0.219. The average molecular weight is 274 g/mol. The molecule has 0 saturated carbocycles. The Kier molecular flexibility index (Phi) is 3.23. The van der Waals surface area contributed by atoms with Gasteiger partial charge in [0.15, 0.2) is 11.5 Å². The molecule has 0 radical (unpaired) electrons. The third-order valence-electron chi connectivity index (χ3n) is 3.40. The predicted octanol–water partition coefficient (Wildman–Crippen LogP) is 1.36. The summed E-state index contributed by atoms with van der Waals surface area (Å²) in [5.41, 5.74) is 7.46. The average Bonchev–Trinajstić information content (AvgIpc) is 2.83. The summed E-state index contributed by atoms with van der Waals surface area (Å²) in [5, 5.41) is 6.83. The Hall–Kier alpha value is -2.21. The highest BCUT2D eigenvalue weighted by molar-refractivity contribution is 5.65. The molecule has 0 unspecified atom stereocenters. The number of aromatic amines is 1. The van der Waals surface area contributed by atoms with Crippen LogP contribution in [0.5, 0.6) is 11.5 Å². The zero-order chi connectivity index (χ0) is 14.1. The van der Waals surface area contributed by atoms with E-state index >= 15 is 0 Å². The van der Waals surface area contributed by atoms with E-state index < -0.39 is 0 Å². The molecule has 6 heteroatoms. The number of likely N-dealkylation sites (N-methyl/N-ethyl adjacent to an activating group) is 1. The number of benzene rings is 1. The Bertz CT molecular complexity index is 605. The van der Waals surface area contributed by atoms with Gasteiger partial charge in [-0.1, -0.05) is 0 Å². The largest absolute Gasteiger partial charge is 0.493 e. The summed E-state index contributed by atoms with van der Waals surface area (Å²) >= 11 is 0. The van der Waals surface area contributed by atoms with Crippen LogP contribution in [0.25, 0.3) is 11.3 Å². The number of methoxy groups -OCH3 is 1. The highest BCUT2D eigenvalue weighted by Gasteiger charge is 2.26. The third-order valence-corrected chi connectivity index (χ3v) is 3.40. The molecule has 6 nitrogen and oxygen atoms in total. The van der Waals surface area contributed by atoms with Gasteiger partial charge in [0.25, 0.3) is 0 Å². The lowest BCUT2D eigenvalue weighted by Crippen LogP contribution is -2.51. The van der Waals surface area contributed by atoms with Crippen LogP contribution in [0.15, 0.2) is 24.3 Å². The van der Waals surface area contributed by atoms with Crippen LogP contribution in [0.2, 0.25) is 0 Å². The molecule has 0 bridgehead atoms. The first-order chi connectivity index (χ1) is 9.65. The summed E-state index contributed by atoms with van der Waals surface area (Å²) < 4.78 is 11.3. The van der Waals surface area contributed by atoms with Crippen LogP contribution < -0.4 is 15.2 Å². The van der Waals surface area contributed by atoms with Gasteiger partial charge in [0, 0.05) is 24.7 Å². The van der Waals surface area contributed by atoms with E-state index in [1.165, 1.54) is 0 Å². The van der Waals surface area contributed by atoms with Crippen molar-refractivity contribution in [3.63, 3.8) is 0 Å². The molecule has 2 heterocycles. The number of nitrogen functional groups attached to an aromatic ring is 1. The van der Waals surface area contributed by atoms with Crippen molar-refractivity contribution in [1.29, 1.82) is 0 Å². The molecule has 0 amide bonds. The molecule has 1 saturated heterocycles. The zero-order valence-electron chi connectivity index (χ0n) is 11.6. The number of nitrogens with two attached hydrogens (primary N) is 1. The fourth-order valence-electron chi connectivity index (χ4n) is 2.32. The highest BCUT2D eigenvalue weighted by Crippen LogP contribution is 2.33. The molecule has 1 fully saturated rings. The topological polar surface area (TPSA) is 76.4 Å². The fourth-order valence-corrected chi connectivity index (χ4v) is 2.32. The standard InChI is InChI=1S/C14H18N4O2/c1-18-7-10(8-18)20-13-5-9(3-4-12(13)19-2)11-6-14(15)17-16-11/h3-6,10H,7-8H2,1-2H3,(H3,15,16,17). The molecule has 20 heavy (non-hydrogen) atoms. The number of ether oxygens (including phenoxy) is 2. The molecule has 1 aliphatic heterocycles. The van der Waals surface area contributed by atoms with Crippen LogP contribution >= 0.6 is 0 Å². The highest BCUT2D eigenvalue weighted by atomic mass is 16.5. The van der Waals surface area contributed by atoms with E-state index in [0.717, 1.165) is 35.8 Å². The number of H-pyrrole nitrogens is 1. The summed E-state index contributed by atoms with van der Waals surface area (Å²) in [7, 11) is 3.71. The van der Waals surface area contributed by atoms with E-state index in [9.17, 15) is 0 Å². The Morgan fingerprint density at radius 1 is 1.30 bits per heavy atom. The van der Waals surface area contributed by atoms with Gasteiger partial charge >= 0.3 is 0 Å². The smallest absolute Gasteiger partial charge is 0.162 e. The molecule has 2 aromatic rings. The molecule has 106 valence electrons. The second kappa shape index (κ2) is 5.05. The van der Waals surface area contributed by atoms with Gasteiger partial charge in [-0.3, -0.25) is 10.00 Å². The Labute approximate surface area is 117 Å². The molecule has 1 aliphatic rings. The normalized spacial score (nSPS) is 15.9. The number of aromatic nitrogens is 2. The number of hydrogen-bond acceptors (Lipinski definition) is 5. The van der Waals surface area contributed by atoms with E-state index in [2.05, 4.69) is 22.1 Å². The minimum Gasteiger partial charge on any atom is -0.493 e. The van der Waals surface area contributed by atoms with E-state index in [1.807, 2.05) is 18.2 Å². The number of nitrogens with one attached hydrogen (secondary N) is 1. The molecule has 3 rings (SSSR count). The number of anilines is 1. The molecular weight excluding hydrogens is 256 g/mol. The van der Waals surface area contributed by atoms with Gasteiger partial charge in [-0.15, -0.1) is 0 Å². The number of hydrogen-bond donors (Lipinski definition) is 2. The van der Waals surface area contributed by atoms with Crippen molar-refractivity contribution < 1.29 is 9.47 Å². The summed E-state index contributed by atoms with van der Waals surface area (Å²) in [6.07, 6.45) is 0.219. The van der Waals surface area contributed by atoms with E-state index in [4.69, 9.17) is 15.2 Å². The third kappa shape index (κ3) is 2.42. The monoisotopic (exact) mass is 274 g/mol. The lowest BCUT2D eigenvalue weighted by Gasteiger charge is -2.36. The molecule has 1 aromatic carbocycles. The Balaban J connectivity index is 1.86. The van der Waals surface area contributed by atoms with Crippen molar-refractivity contribution in [3.8, 4) is 22.8 Å². The second-order valence-electron chi connectivity index (χ2n) is 5.03. The summed E-state index contributed by atoms with van der Waals surface area (Å²) in [6, 6.07) is 7.59. The van der Waals surface area contributed by atoms with Crippen LogP contribution in [-0.2, 0) is 0 Å². The SMILES string of the molecule is COc1ccc(-c2cc(N)n[nH]2)cc1OC1CN(C)C1. The number of rotatable bonds is 4. The van der Waals surface area contributed by atoms with Crippen molar-refractivity contribution in [2.45, 2.75) is 6.10 Å².